The number of benzene rings is 1. The van der Waals surface area contributed by atoms with Crippen LogP contribution in [0.5, 0.6) is 0 Å². The fourth-order valence-electron chi connectivity index (χ4n) is 2.50. The zero-order chi connectivity index (χ0) is 12.8. The molecule has 1 aliphatic rings. The van der Waals surface area contributed by atoms with Crippen LogP contribution in [0.25, 0.3) is 0 Å². The van der Waals surface area contributed by atoms with Gasteiger partial charge < -0.3 is 10.1 Å². The van der Waals surface area contributed by atoms with Crippen molar-refractivity contribution < 1.29 is 4.74 Å². The SMILES string of the molecule is Cc1ccc(COCCC2CCCNC2)cc1C. The molecule has 1 heterocycles. The van der Waals surface area contributed by atoms with E-state index in [0.29, 0.717) is 0 Å². The van der Waals surface area contributed by atoms with Crippen LogP contribution in [0.3, 0.4) is 0 Å². The monoisotopic (exact) mass is 247 g/mol. The van der Waals surface area contributed by atoms with E-state index in [4.69, 9.17) is 4.74 Å². The maximum absolute atomic E-state index is 5.79. The van der Waals surface area contributed by atoms with E-state index in [2.05, 4.69) is 37.4 Å². The first-order chi connectivity index (χ1) is 8.75. The second kappa shape index (κ2) is 6.91. The molecule has 1 atom stereocenters. The van der Waals surface area contributed by atoms with Crippen LogP contribution in [0, 0.1) is 19.8 Å². The number of hydrogen-bond acceptors (Lipinski definition) is 2. The summed E-state index contributed by atoms with van der Waals surface area (Å²) in [6.07, 6.45) is 3.87. The van der Waals surface area contributed by atoms with Crippen LogP contribution in [0.2, 0.25) is 0 Å². The van der Waals surface area contributed by atoms with Gasteiger partial charge in [-0.05, 0) is 68.8 Å². The molecule has 2 heteroatoms. The summed E-state index contributed by atoms with van der Waals surface area (Å²) in [6, 6.07) is 6.58. The molecule has 1 fully saturated rings. The lowest BCUT2D eigenvalue weighted by molar-refractivity contribution is 0.103. The number of ether oxygens (including phenoxy) is 1. The third kappa shape index (κ3) is 4.11. The largest absolute Gasteiger partial charge is 0.377 e. The van der Waals surface area contributed by atoms with Gasteiger partial charge in [0.05, 0.1) is 6.61 Å². The van der Waals surface area contributed by atoms with E-state index in [-0.39, 0.29) is 0 Å². The standard InChI is InChI=1S/C16H25NO/c1-13-5-6-16(10-14(13)2)12-18-9-7-15-4-3-8-17-11-15/h5-6,10,15,17H,3-4,7-9,11-12H2,1-2H3. The van der Waals surface area contributed by atoms with Gasteiger partial charge in [-0.2, -0.15) is 0 Å². The minimum Gasteiger partial charge on any atom is -0.377 e. The number of aryl methyl sites for hydroxylation is 2. The maximum Gasteiger partial charge on any atom is 0.0716 e. The lowest BCUT2D eigenvalue weighted by Gasteiger charge is -2.22. The summed E-state index contributed by atoms with van der Waals surface area (Å²) in [6.45, 7) is 8.32. The topological polar surface area (TPSA) is 21.3 Å². The molecule has 0 amide bonds. The van der Waals surface area contributed by atoms with Crippen molar-refractivity contribution in [3.8, 4) is 0 Å². The van der Waals surface area contributed by atoms with E-state index in [1.165, 1.54) is 49.0 Å². The third-order valence-corrected chi connectivity index (χ3v) is 3.91. The number of piperidine rings is 1. The van der Waals surface area contributed by atoms with Gasteiger partial charge in [-0.3, -0.25) is 0 Å². The minimum atomic E-state index is 0.751. The molecule has 18 heavy (non-hydrogen) atoms. The summed E-state index contributed by atoms with van der Waals surface area (Å²) >= 11 is 0. The Balaban J connectivity index is 1.66. The normalized spacial score (nSPS) is 20.0. The van der Waals surface area contributed by atoms with Gasteiger partial charge in [-0.25, -0.2) is 0 Å². The van der Waals surface area contributed by atoms with Gasteiger partial charge in [-0.1, -0.05) is 18.2 Å². The average Bonchev–Trinajstić information content (AvgIpc) is 2.40. The third-order valence-electron chi connectivity index (χ3n) is 3.91. The van der Waals surface area contributed by atoms with Crippen LogP contribution >= 0.6 is 0 Å². The van der Waals surface area contributed by atoms with Gasteiger partial charge >= 0.3 is 0 Å². The summed E-state index contributed by atoms with van der Waals surface area (Å²) in [5, 5.41) is 3.45. The fourth-order valence-corrected chi connectivity index (χ4v) is 2.50. The zero-order valence-electron chi connectivity index (χ0n) is 11.7. The highest BCUT2D eigenvalue weighted by Crippen LogP contribution is 2.15. The van der Waals surface area contributed by atoms with E-state index in [9.17, 15) is 0 Å². The van der Waals surface area contributed by atoms with Crippen molar-refractivity contribution in [3.63, 3.8) is 0 Å². The molecule has 2 rings (SSSR count). The minimum absolute atomic E-state index is 0.751. The second-order valence-corrected chi connectivity index (χ2v) is 5.47. The summed E-state index contributed by atoms with van der Waals surface area (Å²) < 4.78 is 5.79. The fraction of sp³-hybridized carbons (Fsp3) is 0.625. The predicted octanol–water partition coefficient (Wildman–Crippen LogP) is 3.21. The van der Waals surface area contributed by atoms with Crippen molar-refractivity contribution in [1.82, 2.24) is 5.32 Å². The molecular formula is C16H25NO. The molecule has 0 saturated carbocycles. The van der Waals surface area contributed by atoms with Gasteiger partial charge in [0.15, 0.2) is 0 Å². The zero-order valence-corrected chi connectivity index (χ0v) is 11.7. The van der Waals surface area contributed by atoms with Gasteiger partial charge in [0, 0.05) is 6.61 Å². The molecule has 0 radical (unpaired) electrons. The van der Waals surface area contributed by atoms with Crippen LogP contribution < -0.4 is 5.32 Å². The quantitative estimate of drug-likeness (QED) is 0.807. The summed E-state index contributed by atoms with van der Waals surface area (Å²) in [4.78, 5) is 0. The summed E-state index contributed by atoms with van der Waals surface area (Å²) in [5.74, 6) is 0.818. The molecule has 1 aliphatic heterocycles. The van der Waals surface area contributed by atoms with Crippen LogP contribution in [0.1, 0.15) is 36.0 Å². The number of nitrogens with one attached hydrogen (secondary N) is 1. The Morgan fingerprint density at radius 3 is 2.89 bits per heavy atom. The molecule has 0 aromatic heterocycles. The molecule has 1 saturated heterocycles. The van der Waals surface area contributed by atoms with E-state index in [1.54, 1.807) is 0 Å². The van der Waals surface area contributed by atoms with E-state index in [0.717, 1.165) is 19.1 Å². The van der Waals surface area contributed by atoms with Crippen molar-refractivity contribution in [1.29, 1.82) is 0 Å². The molecule has 1 aromatic carbocycles. The van der Waals surface area contributed by atoms with Crippen LogP contribution in [0.4, 0.5) is 0 Å². The maximum atomic E-state index is 5.79. The van der Waals surface area contributed by atoms with Crippen molar-refractivity contribution in [2.75, 3.05) is 19.7 Å². The molecule has 0 bridgehead atoms. The van der Waals surface area contributed by atoms with Gasteiger partial charge in [0.1, 0.15) is 0 Å². The number of rotatable bonds is 5. The predicted molar refractivity (Wildman–Crippen MR) is 75.8 cm³/mol. The second-order valence-electron chi connectivity index (χ2n) is 5.47. The lowest BCUT2D eigenvalue weighted by Crippen LogP contribution is -2.30. The molecule has 0 spiro atoms. The first-order valence-electron chi connectivity index (χ1n) is 7.10. The van der Waals surface area contributed by atoms with Gasteiger partial charge in [0.2, 0.25) is 0 Å². The van der Waals surface area contributed by atoms with Gasteiger partial charge in [0.25, 0.3) is 0 Å². The van der Waals surface area contributed by atoms with Crippen molar-refractivity contribution in [2.45, 2.75) is 39.7 Å². The van der Waals surface area contributed by atoms with Crippen LogP contribution in [-0.2, 0) is 11.3 Å². The Morgan fingerprint density at radius 2 is 2.17 bits per heavy atom. The van der Waals surface area contributed by atoms with Crippen molar-refractivity contribution >= 4 is 0 Å². The van der Waals surface area contributed by atoms with E-state index >= 15 is 0 Å². The first kappa shape index (κ1) is 13.6. The molecule has 2 nitrogen and oxygen atoms in total. The van der Waals surface area contributed by atoms with E-state index in [1.807, 2.05) is 0 Å². The Kier molecular flexibility index (Phi) is 5.21. The average molecular weight is 247 g/mol. The molecule has 0 aliphatic carbocycles. The molecule has 100 valence electrons. The van der Waals surface area contributed by atoms with Crippen molar-refractivity contribution in [2.24, 2.45) is 5.92 Å². The Hall–Kier alpha value is -0.860. The summed E-state index contributed by atoms with van der Waals surface area (Å²) in [7, 11) is 0. The van der Waals surface area contributed by atoms with E-state index < -0.39 is 0 Å². The Bertz CT molecular complexity index is 369. The smallest absolute Gasteiger partial charge is 0.0716 e. The van der Waals surface area contributed by atoms with Crippen LogP contribution in [0.15, 0.2) is 18.2 Å². The molecular weight excluding hydrogens is 222 g/mol. The lowest BCUT2D eigenvalue weighted by atomic mass is 9.97. The molecule has 1 aromatic rings. The summed E-state index contributed by atoms with van der Waals surface area (Å²) in [5.41, 5.74) is 4.00. The van der Waals surface area contributed by atoms with Gasteiger partial charge in [-0.15, -0.1) is 0 Å². The highest BCUT2D eigenvalue weighted by molar-refractivity contribution is 5.29. The number of hydrogen-bond donors (Lipinski definition) is 1. The first-order valence-corrected chi connectivity index (χ1v) is 7.10. The Labute approximate surface area is 111 Å². The highest BCUT2D eigenvalue weighted by atomic mass is 16.5. The molecule has 1 N–H and O–H groups in total. The van der Waals surface area contributed by atoms with Crippen molar-refractivity contribution in [3.05, 3.63) is 34.9 Å². The highest BCUT2D eigenvalue weighted by Gasteiger charge is 2.12. The van der Waals surface area contributed by atoms with Crippen LogP contribution in [-0.4, -0.2) is 19.7 Å². The Morgan fingerprint density at radius 1 is 1.28 bits per heavy atom. The molecule has 1 unspecified atom stereocenters.